The van der Waals surface area contributed by atoms with Crippen LogP contribution >= 0.6 is 15.9 Å². The molecular formula is C12H17BrN2O2S. The Labute approximate surface area is 117 Å². The molecule has 0 bridgehead atoms. The maximum Gasteiger partial charge on any atom is 0.213 e. The van der Waals surface area contributed by atoms with Crippen molar-refractivity contribution in [2.75, 3.05) is 36.8 Å². The lowest BCUT2D eigenvalue weighted by Crippen LogP contribution is -2.49. The van der Waals surface area contributed by atoms with Crippen LogP contribution in [0.4, 0.5) is 5.69 Å². The maximum atomic E-state index is 11.8. The molecule has 0 unspecified atom stereocenters. The van der Waals surface area contributed by atoms with Gasteiger partial charge in [0.1, 0.15) is 0 Å². The average Bonchev–Trinajstić information content (AvgIpc) is 2.39. The molecule has 1 aliphatic rings. The Balaban J connectivity index is 2.03. The lowest BCUT2D eigenvalue weighted by atomic mass is 10.2. The summed E-state index contributed by atoms with van der Waals surface area (Å²) >= 11 is 3.45. The molecule has 0 saturated carbocycles. The van der Waals surface area contributed by atoms with Crippen LogP contribution in [0.5, 0.6) is 0 Å². The summed E-state index contributed by atoms with van der Waals surface area (Å²) in [5.41, 5.74) is 1.14. The van der Waals surface area contributed by atoms with Gasteiger partial charge in [0.2, 0.25) is 10.0 Å². The first-order valence-electron chi connectivity index (χ1n) is 6.01. The van der Waals surface area contributed by atoms with E-state index >= 15 is 0 Å². The summed E-state index contributed by atoms with van der Waals surface area (Å²) in [4.78, 5) is 2.21. The van der Waals surface area contributed by atoms with Gasteiger partial charge in [0.15, 0.2) is 0 Å². The lowest BCUT2D eigenvalue weighted by molar-refractivity contribution is 0.385. The Morgan fingerprint density at radius 2 is 1.89 bits per heavy atom. The van der Waals surface area contributed by atoms with E-state index in [1.54, 1.807) is 11.2 Å². The summed E-state index contributed by atoms with van der Waals surface area (Å²) in [5.74, 6) is 0.184. The van der Waals surface area contributed by atoms with Crippen LogP contribution in [0.3, 0.4) is 0 Å². The van der Waals surface area contributed by atoms with Crippen molar-refractivity contribution < 1.29 is 8.42 Å². The minimum Gasteiger partial charge on any atom is -0.369 e. The molecule has 1 saturated heterocycles. The van der Waals surface area contributed by atoms with E-state index in [1.807, 2.05) is 12.1 Å². The van der Waals surface area contributed by atoms with E-state index in [0.29, 0.717) is 13.1 Å². The predicted molar refractivity (Wildman–Crippen MR) is 77.4 cm³/mol. The van der Waals surface area contributed by atoms with Crippen LogP contribution in [0.1, 0.15) is 6.92 Å². The van der Waals surface area contributed by atoms with Crippen LogP contribution < -0.4 is 4.90 Å². The molecule has 2 rings (SSSR count). The highest BCUT2D eigenvalue weighted by molar-refractivity contribution is 9.10. The van der Waals surface area contributed by atoms with Crippen molar-refractivity contribution in [1.82, 2.24) is 4.31 Å². The smallest absolute Gasteiger partial charge is 0.213 e. The molecule has 0 aliphatic carbocycles. The van der Waals surface area contributed by atoms with Gasteiger partial charge in [-0.25, -0.2) is 8.42 Å². The maximum absolute atomic E-state index is 11.8. The third-order valence-corrected chi connectivity index (χ3v) is 5.54. The first-order valence-corrected chi connectivity index (χ1v) is 8.41. The Bertz CT molecular complexity index is 511. The van der Waals surface area contributed by atoms with Crippen molar-refractivity contribution in [1.29, 1.82) is 0 Å². The monoisotopic (exact) mass is 332 g/mol. The molecular weight excluding hydrogens is 316 g/mol. The Hall–Kier alpha value is -0.590. The van der Waals surface area contributed by atoms with Crippen molar-refractivity contribution in [2.24, 2.45) is 0 Å². The largest absolute Gasteiger partial charge is 0.369 e. The van der Waals surface area contributed by atoms with Gasteiger partial charge in [-0.1, -0.05) is 22.0 Å². The zero-order valence-electron chi connectivity index (χ0n) is 10.3. The molecule has 0 spiro atoms. The number of hydrogen-bond acceptors (Lipinski definition) is 3. The number of rotatable bonds is 3. The molecule has 18 heavy (non-hydrogen) atoms. The van der Waals surface area contributed by atoms with Crippen LogP contribution in [0.25, 0.3) is 0 Å². The van der Waals surface area contributed by atoms with E-state index in [2.05, 4.69) is 33.0 Å². The summed E-state index contributed by atoms with van der Waals surface area (Å²) in [6.07, 6.45) is 0. The van der Waals surface area contributed by atoms with E-state index in [0.717, 1.165) is 23.2 Å². The molecule has 4 nitrogen and oxygen atoms in total. The molecule has 1 heterocycles. The third-order valence-electron chi connectivity index (χ3n) is 3.17. The molecule has 0 N–H and O–H groups in total. The molecule has 1 fully saturated rings. The van der Waals surface area contributed by atoms with E-state index in [-0.39, 0.29) is 5.75 Å². The fourth-order valence-electron chi connectivity index (χ4n) is 2.08. The normalized spacial score (nSPS) is 18.0. The molecule has 1 aliphatic heterocycles. The van der Waals surface area contributed by atoms with E-state index in [4.69, 9.17) is 0 Å². The molecule has 1 aromatic carbocycles. The number of halogens is 1. The fraction of sp³-hybridized carbons (Fsp3) is 0.500. The summed E-state index contributed by atoms with van der Waals surface area (Å²) in [6, 6.07) is 8.09. The van der Waals surface area contributed by atoms with Crippen molar-refractivity contribution in [3.05, 3.63) is 28.7 Å². The topological polar surface area (TPSA) is 40.6 Å². The van der Waals surface area contributed by atoms with Crippen molar-refractivity contribution >= 4 is 31.6 Å². The summed E-state index contributed by atoms with van der Waals surface area (Å²) in [5, 5.41) is 0. The van der Waals surface area contributed by atoms with Crippen molar-refractivity contribution in [3.63, 3.8) is 0 Å². The zero-order chi connectivity index (χ0) is 13.2. The first kappa shape index (κ1) is 13.8. The molecule has 0 atom stereocenters. The number of benzene rings is 1. The van der Waals surface area contributed by atoms with Crippen molar-refractivity contribution in [3.8, 4) is 0 Å². The predicted octanol–water partition coefficient (Wildman–Crippen LogP) is 1.92. The number of piperazine rings is 1. The minimum absolute atomic E-state index is 0.184. The lowest BCUT2D eigenvalue weighted by Gasteiger charge is -2.35. The quantitative estimate of drug-likeness (QED) is 0.849. The highest BCUT2D eigenvalue weighted by atomic mass is 79.9. The summed E-state index contributed by atoms with van der Waals surface area (Å²) < 4.78 is 26.1. The van der Waals surface area contributed by atoms with Crippen LogP contribution in [0.15, 0.2) is 28.7 Å². The van der Waals surface area contributed by atoms with Gasteiger partial charge < -0.3 is 4.90 Å². The van der Waals surface area contributed by atoms with E-state index < -0.39 is 10.0 Å². The number of nitrogens with zero attached hydrogens (tertiary/aromatic N) is 2. The Morgan fingerprint density at radius 3 is 2.44 bits per heavy atom. The van der Waals surface area contributed by atoms with Crippen LogP contribution in [0.2, 0.25) is 0 Å². The number of sulfonamides is 1. The van der Waals surface area contributed by atoms with Gasteiger partial charge in [0.25, 0.3) is 0 Å². The minimum atomic E-state index is -3.04. The van der Waals surface area contributed by atoms with Crippen molar-refractivity contribution in [2.45, 2.75) is 6.92 Å². The summed E-state index contributed by atoms with van der Waals surface area (Å²) in [6.45, 7) is 4.33. The molecule has 100 valence electrons. The number of anilines is 1. The van der Waals surface area contributed by atoms with Gasteiger partial charge in [-0.05, 0) is 25.1 Å². The standard InChI is InChI=1S/C12H17BrN2O2S/c1-2-18(16,17)15-8-6-14(7-9-15)12-5-3-4-11(13)10-12/h3-5,10H,2,6-9H2,1H3. The second-order valence-electron chi connectivity index (χ2n) is 4.27. The highest BCUT2D eigenvalue weighted by Crippen LogP contribution is 2.21. The van der Waals surface area contributed by atoms with E-state index in [1.165, 1.54) is 0 Å². The molecule has 0 aromatic heterocycles. The second-order valence-corrected chi connectivity index (χ2v) is 7.44. The highest BCUT2D eigenvalue weighted by Gasteiger charge is 2.25. The zero-order valence-corrected chi connectivity index (χ0v) is 12.7. The van der Waals surface area contributed by atoms with Crippen LogP contribution in [-0.4, -0.2) is 44.7 Å². The first-order chi connectivity index (χ1) is 8.53. The van der Waals surface area contributed by atoms with Crippen LogP contribution in [0, 0.1) is 0 Å². The van der Waals surface area contributed by atoms with E-state index in [9.17, 15) is 8.42 Å². The third kappa shape index (κ3) is 3.05. The molecule has 1 aromatic rings. The number of hydrogen-bond donors (Lipinski definition) is 0. The SMILES string of the molecule is CCS(=O)(=O)N1CCN(c2cccc(Br)c2)CC1. The Morgan fingerprint density at radius 1 is 1.22 bits per heavy atom. The Kier molecular flexibility index (Phi) is 4.29. The van der Waals surface area contributed by atoms with Gasteiger partial charge in [-0.3, -0.25) is 0 Å². The molecule has 0 amide bonds. The second kappa shape index (κ2) is 5.59. The van der Waals surface area contributed by atoms with Gasteiger partial charge in [-0.15, -0.1) is 0 Å². The fourth-order valence-corrected chi connectivity index (χ4v) is 3.55. The van der Waals surface area contributed by atoms with Crippen LogP contribution in [-0.2, 0) is 10.0 Å². The molecule has 6 heteroatoms. The summed E-state index contributed by atoms with van der Waals surface area (Å²) in [7, 11) is -3.04. The van der Waals surface area contributed by atoms with Gasteiger partial charge in [0, 0.05) is 36.3 Å². The average molecular weight is 333 g/mol. The van der Waals surface area contributed by atoms with Gasteiger partial charge in [0.05, 0.1) is 5.75 Å². The van der Waals surface area contributed by atoms with Gasteiger partial charge >= 0.3 is 0 Å². The van der Waals surface area contributed by atoms with Gasteiger partial charge in [-0.2, -0.15) is 4.31 Å². The molecule has 0 radical (unpaired) electrons.